The molecule has 32 heavy (non-hydrogen) atoms. The maximum Gasteiger partial charge on any atom is 0.343 e. The van der Waals surface area contributed by atoms with Crippen LogP contribution in [0.1, 0.15) is 54.9 Å². The van der Waals surface area contributed by atoms with E-state index in [1.165, 1.54) is 25.7 Å². The summed E-state index contributed by atoms with van der Waals surface area (Å²) in [5.74, 6) is 0.858. The van der Waals surface area contributed by atoms with Crippen molar-refractivity contribution in [3.63, 3.8) is 0 Å². The van der Waals surface area contributed by atoms with E-state index in [2.05, 4.69) is 27.8 Å². The van der Waals surface area contributed by atoms with Crippen molar-refractivity contribution in [1.29, 1.82) is 0 Å². The Kier molecular flexibility index (Phi) is 9.51. The summed E-state index contributed by atoms with van der Waals surface area (Å²) in [4.78, 5) is 16.9. The van der Waals surface area contributed by atoms with Crippen molar-refractivity contribution >= 4 is 33.8 Å². The summed E-state index contributed by atoms with van der Waals surface area (Å²) in [6, 6.07) is 22.1. The van der Waals surface area contributed by atoms with Crippen molar-refractivity contribution in [2.75, 3.05) is 6.61 Å². The molecule has 166 valence electrons. The van der Waals surface area contributed by atoms with Crippen molar-refractivity contribution in [3.8, 4) is 11.5 Å². The van der Waals surface area contributed by atoms with E-state index in [1.54, 1.807) is 30.5 Å². The number of unbranched alkanes of at least 4 members (excludes halogenated alkanes) is 4. The first-order valence-corrected chi connectivity index (χ1v) is 11.8. The van der Waals surface area contributed by atoms with Crippen LogP contribution in [0, 0.1) is 0 Å². The van der Waals surface area contributed by atoms with Crippen LogP contribution in [-0.2, 0) is 0 Å². The number of aliphatic imine (C=N–C) groups is 1. The van der Waals surface area contributed by atoms with Crippen LogP contribution < -0.4 is 9.47 Å². The molecule has 0 bridgehead atoms. The molecule has 0 heterocycles. The van der Waals surface area contributed by atoms with E-state index < -0.39 is 5.97 Å². The minimum atomic E-state index is -0.397. The number of para-hydroxylation sites is 1. The van der Waals surface area contributed by atoms with Crippen LogP contribution in [0.2, 0.25) is 0 Å². The van der Waals surface area contributed by atoms with Gasteiger partial charge in [0.25, 0.3) is 0 Å². The fourth-order valence-electron chi connectivity index (χ4n) is 3.07. The van der Waals surface area contributed by atoms with Gasteiger partial charge in [-0.2, -0.15) is 0 Å². The van der Waals surface area contributed by atoms with E-state index in [4.69, 9.17) is 9.47 Å². The summed E-state index contributed by atoms with van der Waals surface area (Å²) in [6.07, 6.45) is 7.78. The highest BCUT2D eigenvalue weighted by Crippen LogP contribution is 2.24. The molecule has 5 heteroatoms. The molecule has 3 rings (SSSR count). The number of hydrogen-bond donors (Lipinski definition) is 0. The summed E-state index contributed by atoms with van der Waals surface area (Å²) in [7, 11) is 0. The molecule has 0 aliphatic heterocycles. The molecular formula is C27H28BrNO3. The molecule has 0 aliphatic carbocycles. The molecule has 0 saturated carbocycles. The third kappa shape index (κ3) is 7.65. The molecule has 0 fully saturated rings. The maximum atomic E-state index is 12.4. The first kappa shape index (κ1) is 23.7. The average molecular weight is 494 g/mol. The Morgan fingerprint density at radius 2 is 1.56 bits per heavy atom. The van der Waals surface area contributed by atoms with Gasteiger partial charge >= 0.3 is 5.97 Å². The number of rotatable bonds is 11. The Morgan fingerprint density at radius 3 is 2.28 bits per heavy atom. The zero-order valence-electron chi connectivity index (χ0n) is 18.3. The van der Waals surface area contributed by atoms with E-state index in [9.17, 15) is 4.79 Å². The van der Waals surface area contributed by atoms with Crippen molar-refractivity contribution in [1.82, 2.24) is 0 Å². The molecule has 3 aromatic carbocycles. The van der Waals surface area contributed by atoms with E-state index in [-0.39, 0.29) is 0 Å². The van der Waals surface area contributed by atoms with Gasteiger partial charge in [0.05, 0.1) is 17.9 Å². The maximum absolute atomic E-state index is 12.4. The highest BCUT2D eigenvalue weighted by atomic mass is 79.9. The number of hydrogen-bond acceptors (Lipinski definition) is 4. The summed E-state index contributed by atoms with van der Waals surface area (Å²) in [5, 5.41) is 0. The molecule has 0 unspecified atom stereocenters. The second-order valence-corrected chi connectivity index (χ2v) is 8.31. The van der Waals surface area contributed by atoms with Crippen LogP contribution in [0.15, 0.2) is 82.3 Å². The molecule has 0 N–H and O–H groups in total. The normalized spacial score (nSPS) is 10.9. The van der Waals surface area contributed by atoms with Crippen LogP contribution in [0.4, 0.5) is 5.69 Å². The van der Waals surface area contributed by atoms with E-state index in [1.807, 2.05) is 48.5 Å². The van der Waals surface area contributed by atoms with Crippen molar-refractivity contribution < 1.29 is 14.3 Å². The summed E-state index contributed by atoms with van der Waals surface area (Å²) in [6.45, 7) is 2.91. The number of carbonyl (C=O) groups is 1. The Bertz CT molecular complexity index is 1010. The third-order valence-corrected chi connectivity index (χ3v) is 5.57. The van der Waals surface area contributed by atoms with Crippen molar-refractivity contribution in [2.24, 2.45) is 4.99 Å². The molecular weight excluding hydrogens is 466 g/mol. The van der Waals surface area contributed by atoms with Crippen LogP contribution >= 0.6 is 15.9 Å². The van der Waals surface area contributed by atoms with Gasteiger partial charge in [-0.25, -0.2) is 4.79 Å². The highest BCUT2D eigenvalue weighted by molar-refractivity contribution is 9.10. The smallest absolute Gasteiger partial charge is 0.343 e. The van der Waals surface area contributed by atoms with Crippen LogP contribution in [0.25, 0.3) is 0 Å². The quantitative estimate of drug-likeness (QED) is 0.118. The molecule has 0 spiro atoms. The summed E-state index contributed by atoms with van der Waals surface area (Å²) >= 11 is 3.48. The fraction of sp³-hybridized carbons (Fsp3) is 0.259. The van der Waals surface area contributed by atoms with Gasteiger partial charge in [0.1, 0.15) is 11.5 Å². The standard InChI is InChI=1S/C27H28BrNO3/c1-2-3-4-5-8-19-31-23-17-13-22(14-18-23)27(30)32-24-15-11-21(12-16-24)20-29-26-10-7-6-9-25(26)28/h6-7,9-18,20H,2-5,8,19H2,1H3. The first-order chi connectivity index (χ1) is 15.7. The van der Waals surface area contributed by atoms with Gasteiger partial charge in [0.2, 0.25) is 0 Å². The molecule has 3 aromatic rings. The second-order valence-electron chi connectivity index (χ2n) is 7.46. The minimum Gasteiger partial charge on any atom is -0.494 e. The largest absolute Gasteiger partial charge is 0.494 e. The molecule has 0 aromatic heterocycles. The molecule has 0 amide bonds. The van der Waals surface area contributed by atoms with Gasteiger partial charge in [0.15, 0.2) is 0 Å². The number of ether oxygens (including phenoxy) is 2. The minimum absolute atomic E-state index is 0.397. The van der Waals surface area contributed by atoms with E-state index >= 15 is 0 Å². The lowest BCUT2D eigenvalue weighted by Gasteiger charge is -2.08. The number of nitrogens with zero attached hydrogens (tertiary/aromatic N) is 1. The van der Waals surface area contributed by atoms with Gasteiger partial charge in [-0.3, -0.25) is 4.99 Å². The zero-order valence-corrected chi connectivity index (χ0v) is 19.9. The first-order valence-electron chi connectivity index (χ1n) is 11.0. The van der Waals surface area contributed by atoms with Gasteiger partial charge in [-0.15, -0.1) is 0 Å². The Hall–Kier alpha value is -2.92. The predicted octanol–water partition coefficient (Wildman–Crippen LogP) is 7.77. The summed E-state index contributed by atoms with van der Waals surface area (Å²) in [5.41, 5.74) is 2.25. The summed E-state index contributed by atoms with van der Waals surface area (Å²) < 4.78 is 12.2. The highest BCUT2D eigenvalue weighted by Gasteiger charge is 2.09. The van der Waals surface area contributed by atoms with Gasteiger partial charge < -0.3 is 9.47 Å². The second kappa shape index (κ2) is 12.8. The van der Waals surface area contributed by atoms with Gasteiger partial charge in [-0.1, -0.05) is 44.7 Å². The van der Waals surface area contributed by atoms with Crippen molar-refractivity contribution in [3.05, 3.63) is 88.4 Å². The lowest BCUT2D eigenvalue weighted by molar-refractivity contribution is 0.0734. The fourth-order valence-corrected chi connectivity index (χ4v) is 3.46. The van der Waals surface area contributed by atoms with Gasteiger partial charge in [-0.05, 0) is 88.6 Å². The SMILES string of the molecule is CCCCCCCOc1ccc(C(=O)Oc2ccc(C=Nc3ccccc3Br)cc2)cc1. The monoisotopic (exact) mass is 493 g/mol. The molecule has 0 aliphatic rings. The van der Waals surface area contributed by atoms with Crippen LogP contribution in [0.3, 0.4) is 0 Å². The number of benzene rings is 3. The Labute approximate surface area is 198 Å². The number of esters is 1. The topological polar surface area (TPSA) is 47.9 Å². The van der Waals surface area contributed by atoms with Gasteiger partial charge in [0, 0.05) is 10.7 Å². The predicted molar refractivity (Wildman–Crippen MR) is 133 cm³/mol. The Morgan fingerprint density at radius 1 is 0.875 bits per heavy atom. The number of halogens is 1. The number of carbonyl (C=O) groups excluding carboxylic acids is 1. The lowest BCUT2D eigenvalue weighted by atomic mass is 10.2. The van der Waals surface area contributed by atoms with Crippen LogP contribution in [0.5, 0.6) is 11.5 Å². The third-order valence-electron chi connectivity index (χ3n) is 4.90. The average Bonchev–Trinajstić information content (AvgIpc) is 2.82. The zero-order chi connectivity index (χ0) is 22.6. The van der Waals surface area contributed by atoms with E-state index in [0.29, 0.717) is 17.9 Å². The van der Waals surface area contributed by atoms with Crippen LogP contribution in [-0.4, -0.2) is 18.8 Å². The van der Waals surface area contributed by atoms with Crippen molar-refractivity contribution in [2.45, 2.75) is 39.0 Å². The Balaban J connectivity index is 1.48. The molecule has 0 saturated heterocycles. The van der Waals surface area contributed by atoms with E-state index in [0.717, 1.165) is 27.9 Å². The molecule has 0 radical (unpaired) electrons. The lowest BCUT2D eigenvalue weighted by Crippen LogP contribution is -2.08. The molecule has 4 nitrogen and oxygen atoms in total. The molecule has 0 atom stereocenters.